The minimum atomic E-state index is -0.0533. The lowest BCUT2D eigenvalue weighted by atomic mass is 9.97. The normalized spacial score (nSPS) is 11.3. The lowest BCUT2D eigenvalue weighted by Crippen LogP contribution is -2.34. The van der Waals surface area contributed by atoms with Crippen LogP contribution in [0, 0.1) is 5.41 Å². The molecule has 0 heterocycles. The van der Waals surface area contributed by atoms with Crippen LogP contribution in [0.2, 0.25) is 0 Å². The van der Waals surface area contributed by atoms with Gasteiger partial charge in [0.1, 0.15) is 6.61 Å². The Morgan fingerprint density at radius 2 is 2.00 bits per heavy atom. The van der Waals surface area contributed by atoms with E-state index in [1.54, 1.807) is 0 Å². The molecule has 66 valence electrons. The molecule has 3 nitrogen and oxygen atoms in total. The van der Waals surface area contributed by atoms with E-state index in [0.717, 1.165) is 0 Å². The summed E-state index contributed by atoms with van der Waals surface area (Å²) >= 11 is 0. The third-order valence-corrected chi connectivity index (χ3v) is 1.09. The van der Waals surface area contributed by atoms with Gasteiger partial charge in [-0.2, -0.15) is 0 Å². The average Bonchev–Trinajstić information content (AvgIpc) is 1.83. The smallest absolute Gasteiger partial charge is 0.246 e. The number of hydrogen-bond donors (Lipinski definition) is 1. The molecule has 0 aromatic heterocycles. The Hall–Kier alpha value is -0.570. The highest BCUT2D eigenvalue weighted by Crippen LogP contribution is 2.09. The predicted octanol–water partition coefficient (Wildman–Crippen LogP) is 0.795. The number of nitrogens with one attached hydrogen (secondary N) is 1. The van der Waals surface area contributed by atoms with Gasteiger partial charge in [-0.3, -0.25) is 4.79 Å². The Labute approximate surface area is 68.1 Å². The fourth-order valence-corrected chi connectivity index (χ4v) is 0.546. The molecular weight excluding hydrogens is 142 g/mol. The van der Waals surface area contributed by atoms with E-state index in [4.69, 9.17) is 0 Å². The summed E-state index contributed by atoms with van der Waals surface area (Å²) in [5, 5.41) is 2.76. The molecule has 0 bridgehead atoms. The summed E-state index contributed by atoms with van der Waals surface area (Å²) in [6, 6.07) is 0. The van der Waals surface area contributed by atoms with E-state index in [2.05, 4.69) is 30.8 Å². The number of amides is 1. The number of ether oxygens (including phenoxy) is 1. The highest BCUT2D eigenvalue weighted by Gasteiger charge is 2.10. The molecule has 0 radical (unpaired) electrons. The van der Waals surface area contributed by atoms with Crippen molar-refractivity contribution < 1.29 is 9.53 Å². The van der Waals surface area contributed by atoms with Gasteiger partial charge < -0.3 is 10.1 Å². The maximum absolute atomic E-state index is 10.9. The zero-order valence-corrected chi connectivity index (χ0v) is 7.73. The van der Waals surface area contributed by atoms with E-state index >= 15 is 0 Å². The van der Waals surface area contributed by atoms with E-state index in [1.807, 2.05) is 0 Å². The topological polar surface area (TPSA) is 38.3 Å². The van der Waals surface area contributed by atoms with Gasteiger partial charge in [0.05, 0.1) is 0 Å². The molecule has 0 aromatic rings. The second kappa shape index (κ2) is 4.34. The van der Waals surface area contributed by atoms with E-state index in [0.29, 0.717) is 6.54 Å². The molecule has 0 saturated carbocycles. The van der Waals surface area contributed by atoms with Crippen LogP contribution in [0.5, 0.6) is 0 Å². The van der Waals surface area contributed by atoms with Crippen LogP contribution < -0.4 is 5.32 Å². The van der Waals surface area contributed by atoms with Crippen molar-refractivity contribution in [3.05, 3.63) is 0 Å². The standard InChI is InChI=1S/C8H17NO2/c1-8(2,3)6-9-7(10)5-11-4/h5-6H2,1-4H3,(H,9,10). The van der Waals surface area contributed by atoms with Gasteiger partial charge in [0.15, 0.2) is 0 Å². The number of carbonyl (C=O) groups excluding carboxylic acids is 1. The van der Waals surface area contributed by atoms with Crippen LogP contribution in [-0.2, 0) is 9.53 Å². The Bertz CT molecular complexity index is 127. The Balaban J connectivity index is 3.46. The molecule has 0 aromatic carbocycles. The summed E-state index contributed by atoms with van der Waals surface area (Å²) in [5.74, 6) is -0.0533. The Morgan fingerprint density at radius 3 is 2.36 bits per heavy atom. The van der Waals surface area contributed by atoms with Crippen LogP contribution in [0.15, 0.2) is 0 Å². The zero-order chi connectivity index (χ0) is 8.91. The fourth-order valence-electron chi connectivity index (χ4n) is 0.546. The highest BCUT2D eigenvalue weighted by molar-refractivity contribution is 5.77. The maximum atomic E-state index is 10.9. The Kier molecular flexibility index (Phi) is 4.11. The third kappa shape index (κ3) is 7.33. The van der Waals surface area contributed by atoms with Crippen LogP contribution in [0.4, 0.5) is 0 Å². The van der Waals surface area contributed by atoms with Gasteiger partial charge in [-0.25, -0.2) is 0 Å². The molecule has 0 aliphatic heterocycles. The van der Waals surface area contributed by atoms with Crippen molar-refractivity contribution in [1.82, 2.24) is 5.32 Å². The first kappa shape index (κ1) is 10.4. The van der Waals surface area contributed by atoms with E-state index < -0.39 is 0 Å². The molecule has 0 aliphatic rings. The maximum Gasteiger partial charge on any atom is 0.246 e. The van der Waals surface area contributed by atoms with Crippen LogP contribution in [0.25, 0.3) is 0 Å². The van der Waals surface area contributed by atoms with E-state index in [9.17, 15) is 4.79 Å². The molecule has 0 spiro atoms. The third-order valence-electron chi connectivity index (χ3n) is 1.09. The summed E-state index contributed by atoms with van der Waals surface area (Å²) in [6.07, 6.45) is 0. The van der Waals surface area contributed by atoms with Crippen molar-refractivity contribution in [3.63, 3.8) is 0 Å². The van der Waals surface area contributed by atoms with Crippen LogP contribution >= 0.6 is 0 Å². The number of hydrogen-bond acceptors (Lipinski definition) is 2. The second-order valence-corrected chi connectivity index (χ2v) is 3.77. The van der Waals surface area contributed by atoms with E-state index in [-0.39, 0.29) is 17.9 Å². The SMILES string of the molecule is COCC(=O)NCC(C)(C)C. The highest BCUT2D eigenvalue weighted by atomic mass is 16.5. The van der Waals surface area contributed by atoms with Crippen LogP contribution in [0.1, 0.15) is 20.8 Å². The first-order valence-corrected chi connectivity index (χ1v) is 3.71. The summed E-state index contributed by atoms with van der Waals surface area (Å²) in [6.45, 7) is 7.05. The van der Waals surface area contributed by atoms with Crippen molar-refractivity contribution in [2.75, 3.05) is 20.3 Å². The lowest BCUT2D eigenvalue weighted by Gasteiger charge is -2.18. The monoisotopic (exact) mass is 159 g/mol. The predicted molar refractivity (Wildman–Crippen MR) is 44.3 cm³/mol. The second-order valence-electron chi connectivity index (χ2n) is 3.77. The van der Waals surface area contributed by atoms with Crippen LogP contribution in [0.3, 0.4) is 0 Å². The largest absolute Gasteiger partial charge is 0.375 e. The van der Waals surface area contributed by atoms with Crippen molar-refractivity contribution >= 4 is 5.91 Å². The molecule has 0 saturated heterocycles. The molecule has 0 rings (SSSR count). The van der Waals surface area contributed by atoms with Gasteiger partial charge in [0.2, 0.25) is 5.91 Å². The van der Waals surface area contributed by atoms with Crippen molar-refractivity contribution in [1.29, 1.82) is 0 Å². The fraction of sp³-hybridized carbons (Fsp3) is 0.875. The molecular formula is C8H17NO2. The minimum Gasteiger partial charge on any atom is -0.375 e. The van der Waals surface area contributed by atoms with Gasteiger partial charge in [0.25, 0.3) is 0 Å². The van der Waals surface area contributed by atoms with Crippen LogP contribution in [-0.4, -0.2) is 26.2 Å². The number of carbonyl (C=O) groups is 1. The number of rotatable bonds is 3. The first-order valence-electron chi connectivity index (χ1n) is 3.71. The molecule has 1 amide bonds. The average molecular weight is 159 g/mol. The van der Waals surface area contributed by atoms with Gasteiger partial charge in [-0.05, 0) is 5.41 Å². The first-order chi connectivity index (χ1) is 4.95. The van der Waals surface area contributed by atoms with Crippen molar-refractivity contribution in [2.45, 2.75) is 20.8 Å². The molecule has 11 heavy (non-hydrogen) atoms. The van der Waals surface area contributed by atoms with Gasteiger partial charge in [-0.1, -0.05) is 20.8 Å². The van der Waals surface area contributed by atoms with Gasteiger partial charge in [0, 0.05) is 13.7 Å². The van der Waals surface area contributed by atoms with Gasteiger partial charge in [-0.15, -0.1) is 0 Å². The molecule has 0 fully saturated rings. The molecule has 3 heteroatoms. The lowest BCUT2D eigenvalue weighted by molar-refractivity contribution is -0.125. The molecule has 0 aliphatic carbocycles. The molecule has 1 N–H and O–H groups in total. The van der Waals surface area contributed by atoms with Gasteiger partial charge >= 0.3 is 0 Å². The minimum absolute atomic E-state index is 0.0533. The summed E-state index contributed by atoms with van der Waals surface area (Å²) in [5.41, 5.74) is 0.142. The van der Waals surface area contributed by atoms with Crippen molar-refractivity contribution in [2.24, 2.45) is 5.41 Å². The number of methoxy groups -OCH3 is 1. The Morgan fingerprint density at radius 1 is 1.45 bits per heavy atom. The summed E-state index contributed by atoms with van der Waals surface area (Å²) in [4.78, 5) is 10.9. The quantitative estimate of drug-likeness (QED) is 0.661. The molecule has 0 unspecified atom stereocenters. The summed E-state index contributed by atoms with van der Waals surface area (Å²) in [7, 11) is 1.51. The zero-order valence-electron chi connectivity index (χ0n) is 7.73. The van der Waals surface area contributed by atoms with Crippen molar-refractivity contribution in [3.8, 4) is 0 Å². The van der Waals surface area contributed by atoms with E-state index in [1.165, 1.54) is 7.11 Å². The summed E-state index contributed by atoms with van der Waals surface area (Å²) < 4.78 is 4.66. The molecule has 0 atom stereocenters.